The Balaban J connectivity index is 1.23. The van der Waals surface area contributed by atoms with Crippen molar-refractivity contribution in [2.24, 2.45) is 0 Å². The molecule has 3 aromatic heterocycles. The molecule has 0 bridgehead atoms. The Hall–Kier alpha value is -4.06. The Morgan fingerprint density at radius 2 is 1.89 bits per heavy atom. The van der Waals surface area contributed by atoms with Crippen molar-refractivity contribution in [3.05, 3.63) is 89.1 Å². The fourth-order valence-corrected chi connectivity index (χ4v) is 4.52. The van der Waals surface area contributed by atoms with Crippen molar-refractivity contribution in [3.63, 3.8) is 0 Å². The van der Waals surface area contributed by atoms with Gasteiger partial charge >= 0.3 is 0 Å². The number of aryl methyl sites for hydroxylation is 1. The van der Waals surface area contributed by atoms with Gasteiger partial charge in [-0.3, -0.25) is 19.6 Å². The lowest BCUT2D eigenvalue weighted by Crippen LogP contribution is -2.48. The maximum absolute atomic E-state index is 12.9. The zero-order valence-corrected chi connectivity index (χ0v) is 21.5. The highest BCUT2D eigenvalue weighted by Crippen LogP contribution is 2.19. The summed E-state index contributed by atoms with van der Waals surface area (Å²) in [6.07, 6.45) is 6.56. The molecule has 1 aliphatic rings. The number of rotatable bonds is 5. The fraction of sp³-hybridized carbons (Fsp3) is 0.310. The van der Waals surface area contributed by atoms with Crippen molar-refractivity contribution < 1.29 is 4.79 Å². The lowest BCUT2D eigenvalue weighted by molar-refractivity contribution is 0.102. The summed E-state index contributed by atoms with van der Waals surface area (Å²) in [4.78, 5) is 26.5. The van der Waals surface area contributed by atoms with Crippen LogP contribution in [0.4, 0.5) is 5.69 Å². The van der Waals surface area contributed by atoms with Crippen LogP contribution in [-0.2, 0) is 6.54 Å². The van der Waals surface area contributed by atoms with Gasteiger partial charge < -0.3 is 5.32 Å². The smallest absolute Gasteiger partial charge is 0.257 e. The number of fused-ring (bicyclic) bond motifs is 1. The van der Waals surface area contributed by atoms with E-state index in [0.717, 1.165) is 44.1 Å². The number of carbonyl (C=O) groups excluding carboxylic acids is 1. The van der Waals surface area contributed by atoms with Crippen LogP contribution in [0.1, 0.15) is 46.6 Å². The van der Waals surface area contributed by atoms with E-state index in [1.807, 2.05) is 24.3 Å². The van der Waals surface area contributed by atoms with E-state index in [9.17, 15) is 4.79 Å². The summed E-state index contributed by atoms with van der Waals surface area (Å²) in [5, 5.41) is 7.27. The first kappa shape index (κ1) is 24.6. The van der Waals surface area contributed by atoms with Crippen molar-refractivity contribution in [2.75, 3.05) is 31.5 Å². The summed E-state index contributed by atoms with van der Waals surface area (Å²) < 4.78 is 1.68. The predicted octanol–water partition coefficient (Wildman–Crippen LogP) is 3.61. The molecule has 1 aromatic carbocycles. The molecule has 188 valence electrons. The van der Waals surface area contributed by atoms with Gasteiger partial charge in [0.1, 0.15) is 5.69 Å². The molecule has 0 saturated carbocycles. The maximum atomic E-state index is 12.9. The summed E-state index contributed by atoms with van der Waals surface area (Å²) in [7, 11) is 0. The first-order valence-electron chi connectivity index (χ1n) is 12.6. The number of hydrogen-bond acceptors (Lipinski definition) is 6. The SMILES string of the molecule is Cc1cc(NC(=O)c2cncc(C#Cc3cnc4cccnn34)c2)ccc1CN1CCN(C(C)C)CC1. The number of anilines is 1. The molecule has 5 rings (SSSR count). The summed E-state index contributed by atoms with van der Waals surface area (Å²) in [6, 6.07) is 12.2. The van der Waals surface area contributed by atoms with Gasteiger partial charge in [-0.05, 0) is 68.2 Å². The van der Waals surface area contributed by atoms with E-state index >= 15 is 0 Å². The molecule has 4 aromatic rings. The molecule has 1 N–H and O–H groups in total. The van der Waals surface area contributed by atoms with E-state index in [1.165, 1.54) is 11.1 Å². The molecule has 8 nitrogen and oxygen atoms in total. The lowest BCUT2D eigenvalue weighted by atomic mass is 10.1. The van der Waals surface area contributed by atoms with Gasteiger partial charge in [-0.1, -0.05) is 12.0 Å². The second-order valence-electron chi connectivity index (χ2n) is 9.65. The molecule has 0 unspecified atom stereocenters. The summed E-state index contributed by atoms with van der Waals surface area (Å²) in [5.41, 5.74) is 5.72. The van der Waals surface area contributed by atoms with Crippen molar-refractivity contribution in [1.29, 1.82) is 0 Å². The normalized spacial score (nSPS) is 14.5. The molecule has 37 heavy (non-hydrogen) atoms. The molecule has 0 radical (unpaired) electrons. The first-order valence-corrected chi connectivity index (χ1v) is 12.6. The third-order valence-electron chi connectivity index (χ3n) is 6.74. The molecule has 1 amide bonds. The number of carbonyl (C=O) groups is 1. The highest BCUT2D eigenvalue weighted by molar-refractivity contribution is 6.04. The van der Waals surface area contributed by atoms with Crippen LogP contribution in [0.5, 0.6) is 0 Å². The molecular formula is C29H31N7O. The molecule has 8 heteroatoms. The van der Waals surface area contributed by atoms with Crippen LogP contribution in [-0.4, -0.2) is 67.5 Å². The standard InChI is InChI=1S/C29H31N7O/c1-21(2)35-13-11-34(12-14-35)20-24-7-8-26(15-22(24)3)33-29(37)25-16-23(17-30-18-25)6-9-27-19-31-28-5-4-10-32-36(27)28/h4-5,7-8,10,15-19,21H,11-14,20H2,1-3H3,(H,33,37). The van der Waals surface area contributed by atoms with Crippen molar-refractivity contribution >= 4 is 17.2 Å². The number of benzene rings is 1. The van der Waals surface area contributed by atoms with Crippen LogP contribution in [0, 0.1) is 18.8 Å². The topological polar surface area (TPSA) is 78.7 Å². The number of amides is 1. The van der Waals surface area contributed by atoms with Gasteiger partial charge in [-0.15, -0.1) is 0 Å². The Bertz CT molecular complexity index is 1470. The van der Waals surface area contributed by atoms with Crippen LogP contribution in [0.3, 0.4) is 0 Å². The average molecular weight is 494 g/mol. The minimum Gasteiger partial charge on any atom is -0.322 e. The average Bonchev–Trinajstić information content (AvgIpc) is 3.32. The largest absolute Gasteiger partial charge is 0.322 e. The second-order valence-corrected chi connectivity index (χ2v) is 9.65. The zero-order valence-electron chi connectivity index (χ0n) is 21.5. The highest BCUT2D eigenvalue weighted by Gasteiger charge is 2.19. The molecule has 1 fully saturated rings. The number of aromatic nitrogens is 4. The highest BCUT2D eigenvalue weighted by atomic mass is 16.1. The lowest BCUT2D eigenvalue weighted by Gasteiger charge is -2.37. The van der Waals surface area contributed by atoms with E-state index in [1.54, 1.807) is 35.4 Å². The van der Waals surface area contributed by atoms with E-state index in [0.29, 0.717) is 22.9 Å². The van der Waals surface area contributed by atoms with Crippen molar-refractivity contribution in [3.8, 4) is 11.8 Å². The van der Waals surface area contributed by atoms with Crippen LogP contribution < -0.4 is 5.32 Å². The minimum absolute atomic E-state index is 0.218. The van der Waals surface area contributed by atoms with E-state index < -0.39 is 0 Å². The van der Waals surface area contributed by atoms with E-state index in [-0.39, 0.29) is 5.91 Å². The third-order valence-corrected chi connectivity index (χ3v) is 6.74. The first-order chi connectivity index (χ1) is 18.0. The fourth-order valence-electron chi connectivity index (χ4n) is 4.52. The molecule has 4 heterocycles. The van der Waals surface area contributed by atoms with Gasteiger partial charge in [0.05, 0.1) is 11.8 Å². The quantitative estimate of drug-likeness (QED) is 0.428. The second kappa shape index (κ2) is 10.9. The number of hydrogen-bond donors (Lipinski definition) is 1. The number of piperazine rings is 1. The Morgan fingerprint density at radius 1 is 1.05 bits per heavy atom. The number of imidazole rings is 1. The summed E-state index contributed by atoms with van der Waals surface area (Å²) >= 11 is 0. The minimum atomic E-state index is -0.218. The van der Waals surface area contributed by atoms with Crippen LogP contribution in [0.25, 0.3) is 5.65 Å². The van der Waals surface area contributed by atoms with Gasteiger partial charge in [-0.2, -0.15) is 5.10 Å². The Kier molecular flexibility index (Phi) is 7.26. The summed E-state index contributed by atoms with van der Waals surface area (Å²) in [6.45, 7) is 11.9. The molecule has 1 saturated heterocycles. The van der Waals surface area contributed by atoms with Crippen molar-refractivity contribution in [1.82, 2.24) is 29.4 Å². The molecule has 0 atom stereocenters. The molecule has 0 aliphatic carbocycles. The molecule has 0 spiro atoms. The van der Waals surface area contributed by atoms with Gasteiger partial charge in [0.2, 0.25) is 0 Å². The predicted molar refractivity (Wildman–Crippen MR) is 144 cm³/mol. The Labute approximate surface area is 217 Å². The number of nitrogens with zero attached hydrogens (tertiary/aromatic N) is 6. The zero-order chi connectivity index (χ0) is 25.8. The van der Waals surface area contributed by atoms with E-state index in [2.05, 4.69) is 68.9 Å². The van der Waals surface area contributed by atoms with E-state index in [4.69, 9.17) is 0 Å². The van der Waals surface area contributed by atoms with Crippen molar-refractivity contribution in [2.45, 2.75) is 33.4 Å². The Morgan fingerprint density at radius 3 is 2.68 bits per heavy atom. The van der Waals surface area contributed by atoms with Crippen LogP contribution >= 0.6 is 0 Å². The number of pyridine rings is 1. The van der Waals surface area contributed by atoms with Gasteiger partial charge in [0.25, 0.3) is 5.91 Å². The van der Waals surface area contributed by atoms with Gasteiger partial charge in [-0.25, -0.2) is 9.50 Å². The van der Waals surface area contributed by atoms with Gasteiger partial charge in [0, 0.05) is 68.6 Å². The number of nitrogens with one attached hydrogen (secondary N) is 1. The molecule has 1 aliphatic heterocycles. The maximum Gasteiger partial charge on any atom is 0.257 e. The third kappa shape index (κ3) is 5.85. The molecular weight excluding hydrogens is 462 g/mol. The van der Waals surface area contributed by atoms with Crippen LogP contribution in [0.15, 0.2) is 61.2 Å². The van der Waals surface area contributed by atoms with Crippen LogP contribution in [0.2, 0.25) is 0 Å². The van der Waals surface area contributed by atoms with Gasteiger partial charge in [0.15, 0.2) is 5.65 Å². The monoisotopic (exact) mass is 493 g/mol. The summed E-state index contributed by atoms with van der Waals surface area (Å²) in [5.74, 6) is 5.91.